The van der Waals surface area contributed by atoms with Gasteiger partial charge in [-0.05, 0) is 31.3 Å². The zero-order valence-corrected chi connectivity index (χ0v) is 12.9. The predicted molar refractivity (Wildman–Crippen MR) is 85.6 cm³/mol. The molecule has 0 atom stereocenters. The van der Waals surface area contributed by atoms with Crippen LogP contribution in [0.3, 0.4) is 0 Å². The van der Waals surface area contributed by atoms with Gasteiger partial charge in [-0.25, -0.2) is 4.79 Å². The normalized spacial score (nSPS) is 10.3. The second-order valence-corrected chi connectivity index (χ2v) is 4.67. The van der Waals surface area contributed by atoms with Crippen molar-refractivity contribution in [2.75, 3.05) is 36.8 Å². The van der Waals surface area contributed by atoms with E-state index in [1.165, 1.54) is 6.92 Å². The molecule has 1 aromatic carbocycles. The SMILES string of the molecule is CCN(CC)CCNC(=O)Nc1cccc(NC(C)=O)c1. The van der Waals surface area contributed by atoms with Crippen molar-refractivity contribution in [1.82, 2.24) is 10.2 Å². The third-order valence-electron chi connectivity index (χ3n) is 3.05. The number of anilines is 2. The summed E-state index contributed by atoms with van der Waals surface area (Å²) >= 11 is 0. The Kier molecular flexibility index (Phi) is 7.25. The van der Waals surface area contributed by atoms with Gasteiger partial charge in [0.25, 0.3) is 0 Å². The predicted octanol–water partition coefficient (Wildman–Crippen LogP) is 2.11. The van der Waals surface area contributed by atoms with Crippen molar-refractivity contribution in [2.45, 2.75) is 20.8 Å². The average Bonchev–Trinajstić information content (AvgIpc) is 2.43. The van der Waals surface area contributed by atoms with Crippen LogP contribution in [0.5, 0.6) is 0 Å². The summed E-state index contributed by atoms with van der Waals surface area (Å²) < 4.78 is 0. The highest BCUT2D eigenvalue weighted by Crippen LogP contribution is 2.14. The van der Waals surface area contributed by atoms with Crippen LogP contribution in [-0.2, 0) is 4.79 Å². The molecule has 0 heterocycles. The fourth-order valence-corrected chi connectivity index (χ4v) is 1.92. The van der Waals surface area contributed by atoms with Gasteiger partial charge in [-0.2, -0.15) is 0 Å². The van der Waals surface area contributed by atoms with E-state index in [1.807, 2.05) is 0 Å². The first-order valence-electron chi connectivity index (χ1n) is 7.20. The van der Waals surface area contributed by atoms with Gasteiger partial charge >= 0.3 is 6.03 Å². The van der Waals surface area contributed by atoms with Gasteiger partial charge in [0.05, 0.1) is 0 Å². The number of hydrogen-bond donors (Lipinski definition) is 3. The maximum Gasteiger partial charge on any atom is 0.319 e. The molecule has 0 aliphatic heterocycles. The molecule has 1 aromatic rings. The number of urea groups is 1. The molecule has 0 radical (unpaired) electrons. The smallest absolute Gasteiger partial charge is 0.319 e. The van der Waals surface area contributed by atoms with Crippen molar-refractivity contribution in [1.29, 1.82) is 0 Å². The number of carbonyl (C=O) groups is 2. The van der Waals surface area contributed by atoms with Gasteiger partial charge in [-0.15, -0.1) is 0 Å². The fraction of sp³-hybridized carbons (Fsp3) is 0.467. The maximum atomic E-state index is 11.8. The van der Waals surface area contributed by atoms with E-state index in [-0.39, 0.29) is 11.9 Å². The Morgan fingerprint density at radius 1 is 1.10 bits per heavy atom. The number of carbonyl (C=O) groups excluding carboxylic acids is 2. The summed E-state index contributed by atoms with van der Waals surface area (Å²) in [6.45, 7) is 9.00. The summed E-state index contributed by atoms with van der Waals surface area (Å²) in [6, 6.07) is 6.78. The lowest BCUT2D eigenvalue weighted by atomic mass is 10.3. The first-order valence-corrected chi connectivity index (χ1v) is 7.20. The lowest BCUT2D eigenvalue weighted by Crippen LogP contribution is -2.36. The zero-order valence-electron chi connectivity index (χ0n) is 12.9. The van der Waals surface area contributed by atoms with E-state index in [9.17, 15) is 9.59 Å². The Bertz CT molecular complexity index is 472. The van der Waals surface area contributed by atoms with Crippen LogP contribution in [0.15, 0.2) is 24.3 Å². The molecule has 0 spiro atoms. The van der Waals surface area contributed by atoms with Crippen molar-refractivity contribution in [2.24, 2.45) is 0 Å². The zero-order chi connectivity index (χ0) is 15.7. The molecule has 0 unspecified atom stereocenters. The van der Waals surface area contributed by atoms with Crippen molar-refractivity contribution in [3.63, 3.8) is 0 Å². The van der Waals surface area contributed by atoms with Gasteiger partial charge in [-0.1, -0.05) is 19.9 Å². The van der Waals surface area contributed by atoms with Gasteiger partial charge in [0.15, 0.2) is 0 Å². The molecule has 1 rings (SSSR count). The lowest BCUT2D eigenvalue weighted by molar-refractivity contribution is -0.114. The van der Waals surface area contributed by atoms with Gasteiger partial charge in [0, 0.05) is 31.4 Å². The average molecular weight is 292 g/mol. The highest BCUT2D eigenvalue weighted by molar-refractivity contribution is 5.92. The number of benzene rings is 1. The summed E-state index contributed by atoms with van der Waals surface area (Å²) in [5, 5.41) is 8.23. The second kappa shape index (κ2) is 8.97. The molecule has 0 bridgehead atoms. The fourth-order valence-electron chi connectivity index (χ4n) is 1.92. The molecule has 0 fully saturated rings. The first kappa shape index (κ1) is 17.0. The van der Waals surface area contributed by atoms with Crippen LogP contribution in [0.1, 0.15) is 20.8 Å². The highest BCUT2D eigenvalue weighted by atomic mass is 16.2. The van der Waals surface area contributed by atoms with Gasteiger partial charge in [0.1, 0.15) is 0 Å². The van der Waals surface area contributed by atoms with E-state index in [0.29, 0.717) is 17.9 Å². The topological polar surface area (TPSA) is 73.5 Å². The monoisotopic (exact) mass is 292 g/mol. The van der Waals surface area contributed by atoms with Crippen molar-refractivity contribution < 1.29 is 9.59 Å². The highest BCUT2D eigenvalue weighted by Gasteiger charge is 2.04. The summed E-state index contributed by atoms with van der Waals surface area (Å²) in [4.78, 5) is 25.0. The minimum absolute atomic E-state index is 0.143. The minimum Gasteiger partial charge on any atom is -0.337 e. The molecule has 0 aliphatic carbocycles. The van der Waals surface area contributed by atoms with E-state index in [0.717, 1.165) is 19.6 Å². The van der Waals surface area contributed by atoms with E-state index in [1.54, 1.807) is 24.3 Å². The number of amides is 3. The number of nitrogens with zero attached hydrogens (tertiary/aromatic N) is 1. The van der Waals surface area contributed by atoms with Crippen molar-refractivity contribution in [3.8, 4) is 0 Å². The Morgan fingerprint density at radius 3 is 2.29 bits per heavy atom. The Hall–Kier alpha value is -2.08. The maximum absolute atomic E-state index is 11.8. The quantitative estimate of drug-likeness (QED) is 0.720. The molecular formula is C15H24N4O2. The molecule has 6 nitrogen and oxygen atoms in total. The molecule has 6 heteroatoms. The molecule has 0 saturated carbocycles. The standard InChI is InChI=1S/C15H24N4O2/c1-4-19(5-2)10-9-16-15(21)18-14-8-6-7-13(11-14)17-12(3)20/h6-8,11H,4-5,9-10H2,1-3H3,(H,17,20)(H2,16,18,21). The Morgan fingerprint density at radius 2 is 1.71 bits per heavy atom. The summed E-state index contributed by atoms with van der Waals surface area (Å²) in [6.07, 6.45) is 0. The van der Waals surface area contributed by atoms with Gasteiger partial charge in [-0.3, -0.25) is 4.79 Å². The number of rotatable bonds is 7. The Labute approximate surface area is 125 Å². The Balaban J connectivity index is 2.42. The van der Waals surface area contributed by atoms with Crippen LogP contribution in [-0.4, -0.2) is 43.0 Å². The third-order valence-corrected chi connectivity index (χ3v) is 3.05. The molecule has 21 heavy (non-hydrogen) atoms. The van der Waals surface area contributed by atoms with E-state index in [2.05, 4.69) is 34.7 Å². The summed E-state index contributed by atoms with van der Waals surface area (Å²) in [5.74, 6) is -0.143. The van der Waals surface area contributed by atoms with Crippen LogP contribution in [0, 0.1) is 0 Å². The van der Waals surface area contributed by atoms with Crippen molar-refractivity contribution >= 4 is 23.3 Å². The summed E-state index contributed by atoms with van der Waals surface area (Å²) in [5.41, 5.74) is 1.30. The molecule has 3 N–H and O–H groups in total. The number of hydrogen-bond acceptors (Lipinski definition) is 3. The van der Waals surface area contributed by atoms with E-state index in [4.69, 9.17) is 0 Å². The van der Waals surface area contributed by atoms with Gasteiger partial charge < -0.3 is 20.9 Å². The third kappa shape index (κ3) is 6.76. The van der Waals surface area contributed by atoms with E-state index >= 15 is 0 Å². The molecule has 0 saturated heterocycles. The van der Waals surface area contributed by atoms with Crippen LogP contribution in [0.4, 0.5) is 16.2 Å². The number of likely N-dealkylation sites (N-methyl/N-ethyl adjacent to an activating group) is 1. The molecule has 0 aliphatic rings. The number of nitrogens with one attached hydrogen (secondary N) is 3. The molecule has 3 amide bonds. The second-order valence-electron chi connectivity index (χ2n) is 4.67. The van der Waals surface area contributed by atoms with Gasteiger partial charge in [0.2, 0.25) is 5.91 Å². The molecule has 0 aromatic heterocycles. The summed E-state index contributed by atoms with van der Waals surface area (Å²) in [7, 11) is 0. The lowest BCUT2D eigenvalue weighted by Gasteiger charge is -2.18. The minimum atomic E-state index is -0.248. The van der Waals surface area contributed by atoms with Crippen LogP contribution >= 0.6 is 0 Å². The van der Waals surface area contributed by atoms with Crippen molar-refractivity contribution in [3.05, 3.63) is 24.3 Å². The molecular weight excluding hydrogens is 268 g/mol. The van der Waals surface area contributed by atoms with E-state index < -0.39 is 0 Å². The first-order chi connectivity index (χ1) is 10.0. The molecule has 116 valence electrons. The largest absolute Gasteiger partial charge is 0.337 e. The van der Waals surface area contributed by atoms with Crippen LogP contribution in [0.25, 0.3) is 0 Å². The van der Waals surface area contributed by atoms with Crippen LogP contribution in [0.2, 0.25) is 0 Å². The van der Waals surface area contributed by atoms with Crippen LogP contribution < -0.4 is 16.0 Å².